The number of amides is 1. The Balaban J connectivity index is 1.27. The van der Waals surface area contributed by atoms with Gasteiger partial charge in [0.05, 0.1) is 38.6 Å². The molecule has 0 bridgehead atoms. The summed E-state index contributed by atoms with van der Waals surface area (Å²) < 4.78 is 34.6. The van der Waals surface area contributed by atoms with Crippen molar-refractivity contribution in [3.8, 4) is 0 Å². The third-order valence-corrected chi connectivity index (χ3v) is 24.3. The zero-order chi connectivity index (χ0) is 81.7. The summed E-state index contributed by atoms with van der Waals surface area (Å²) in [5.74, 6) is -0.232. The number of nitrogens with one attached hydrogen (secondary N) is 1. The lowest BCUT2D eigenvalue weighted by Crippen LogP contribution is -2.66. The van der Waals surface area contributed by atoms with Crippen LogP contribution in [0.2, 0.25) is 0 Å². The van der Waals surface area contributed by atoms with Gasteiger partial charge in [-0.15, -0.1) is 0 Å². The lowest BCUT2D eigenvalue weighted by atomic mass is 9.96. The van der Waals surface area contributed by atoms with E-state index >= 15 is 0 Å². The Morgan fingerprint density at radius 1 is 0.319 bits per heavy atom. The molecule has 3 rings (SSSR count). The molecule has 1 amide bonds. The molecule has 0 aromatic carbocycles. The van der Waals surface area contributed by atoms with Crippen LogP contribution in [-0.4, -0.2) is 193 Å². The standard InChI is InChI=1S/C94H179NO18/c1-3-5-7-9-11-13-15-17-19-21-23-25-27-29-31-32-33-34-35-36-37-38-39-40-41-42-43-44-46-48-50-52-54-56-58-60-62-64-66-68-70-72-82(100)95-77(78(99)71-69-67-65-63-61-59-57-55-53-51-49-47-45-30-28-26-24-22-20-18-16-14-12-10-8-6-4-2)76-108-92-88(106)85(103)90(80(74-97)110-92)113-94-89(107)86(104)91(81(75-98)111-94)112-93-87(105)84(102)83(101)79(73-96)109-93/h15,17,21,23,77-81,83-94,96-99,101-107H,3-14,16,18-20,22,24-76H2,1-2H3,(H,95,100)/b17-15-,23-21-. The highest BCUT2D eigenvalue weighted by Gasteiger charge is 2.54. The molecule has 19 heteroatoms. The van der Waals surface area contributed by atoms with Crippen LogP contribution in [-0.2, 0) is 33.2 Å². The quantitative estimate of drug-likeness (QED) is 0.0199. The van der Waals surface area contributed by atoms with Gasteiger partial charge in [-0.25, -0.2) is 0 Å². The fraction of sp³-hybridized carbons (Fsp3) is 0.947. The number of ether oxygens (including phenoxy) is 6. The molecule has 12 N–H and O–H groups in total. The molecule has 0 saturated carbocycles. The van der Waals surface area contributed by atoms with E-state index in [4.69, 9.17) is 28.4 Å². The first kappa shape index (κ1) is 105. The number of aliphatic hydroxyl groups excluding tert-OH is 11. The third kappa shape index (κ3) is 52.3. The molecule has 3 fully saturated rings. The van der Waals surface area contributed by atoms with Gasteiger partial charge in [0.1, 0.15) is 73.2 Å². The molecule has 0 aliphatic carbocycles. The number of hydrogen-bond acceptors (Lipinski definition) is 18. The van der Waals surface area contributed by atoms with Crippen LogP contribution in [0.4, 0.5) is 0 Å². The Hall–Kier alpha value is -1.73. The summed E-state index contributed by atoms with van der Waals surface area (Å²) in [4.78, 5) is 13.6. The van der Waals surface area contributed by atoms with Crippen LogP contribution in [0, 0.1) is 0 Å². The summed E-state index contributed by atoms with van der Waals surface area (Å²) in [6.07, 6.45) is 67.4. The van der Waals surface area contributed by atoms with Crippen molar-refractivity contribution < 1.29 is 89.4 Å². The Morgan fingerprint density at radius 2 is 0.584 bits per heavy atom. The van der Waals surface area contributed by atoms with Crippen molar-refractivity contribution in [2.24, 2.45) is 0 Å². The second-order valence-corrected chi connectivity index (χ2v) is 34.5. The molecule has 113 heavy (non-hydrogen) atoms. The first-order valence-electron chi connectivity index (χ1n) is 48.1. The zero-order valence-corrected chi connectivity index (χ0v) is 72.4. The van der Waals surface area contributed by atoms with E-state index in [2.05, 4.69) is 43.5 Å². The van der Waals surface area contributed by atoms with E-state index in [1.54, 1.807) is 0 Å². The molecule has 3 aliphatic heterocycles. The van der Waals surface area contributed by atoms with Gasteiger partial charge in [0, 0.05) is 6.42 Å². The van der Waals surface area contributed by atoms with Crippen molar-refractivity contribution >= 4 is 5.91 Å². The van der Waals surface area contributed by atoms with E-state index < -0.39 is 124 Å². The highest BCUT2D eigenvalue weighted by atomic mass is 16.8. The molecule has 17 unspecified atom stereocenters. The average Bonchev–Trinajstić information content (AvgIpc) is 0.777. The second-order valence-electron chi connectivity index (χ2n) is 34.5. The highest BCUT2D eigenvalue weighted by Crippen LogP contribution is 2.34. The van der Waals surface area contributed by atoms with E-state index in [-0.39, 0.29) is 18.9 Å². The van der Waals surface area contributed by atoms with Gasteiger partial charge in [0.2, 0.25) is 5.91 Å². The normalized spacial score (nSPS) is 24.8. The minimum Gasteiger partial charge on any atom is -0.394 e. The van der Waals surface area contributed by atoms with E-state index in [1.807, 2.05) is 0 Å². The van der Waals surface area contributed by atoms with Gasteiger partial charge in [-0.2, -0.15) is 0 Å². The number of carbonyl (C=O) groups is 1. The summed E-state index contributed by atoms with van der Waals surface area (Å²) in [6.45, 7) is 1.87. The first-order chi connectivity index (χ1) is 55.3. The van der Waals surface area contributed by atoms with Gasteiger partial charge in [0.25, 0.3) is 0 Å². The molecule has 0 aromatic rings. The van der Waals surface area contributed by atoms with Gasteiger partial charge in [-0.1, -0.05) is 411 Å². The maximum Gasteiger partial charge on any atom is 0.220 e. The summed E-state index contributed by atoms with van der Waals surface area (Å²) in [5.41, 5.74) is 0. The fourth-order valence-electron chi connectivity index (χ4n) is 16.6. The number of allylic oxidation sites excluding steroid dienone is 4. The molecule has 17 atom stereocenters. The van der Waals surface area contributed by atoms with Crippen molar-refractivity contribution in [1.82, 2.24) is 5.32 Å². The van der Waals surface area contributed by atoms with Crippen LogP contribution in [0.5, 0.6) is 0 Å². The average molecular weight is 1610 g/mol. The minimum atomic E-state index is -1.97. The molecule has 3 aliphatic rings. The molecular formula is C94H179NO18. The van der Waals surface area contributed by atoms with Gasteiger partial charge in [0.15, 0.2) is 18.9 Å². The van der Waals surface area contributed by atoms with Crippen LogP contribution in [0.1, 0.15) is 438 Å². The summed E-state index contributed by atoms with van der Waals surface area (Å²) >= 11 is 0. The molecule has 668 valence electrons. The number of unbranched alkanes of at least 4 members (excludes halogenated alkanes) is 60. The van der Waals surface area contributed by atoms with Gasteiger partial charge in [-0.3, -0.25) is 4.79 Å². The third-order valence-electron chi connectivity index (χ3n) is 24.3. The zero-order valence-electron chi connectivity index (χ0n) is 72.4. The first-order valence-corrected chi connectivity index (χ1v) is 48.1. The Morgan fingerprint density at radius 3 is 0.903 bits per heavy atom. The van der Waals surface area contributed by atoms with Crippen LogP contribution >= 0.6 is 0 Å². The Bertz CT molecular complexity index is 2130. The lowest BCUT2D eigenvalue weighted by molar-refractivity contribution is -0.379. The van der Waals surface area contributed by atoms with Gasteiger partial charge >= 0.3 is 0 Å². The van der Waals surface area contributed by atoms with Crippen molar-refractivity contribution in [3.05, 3.63) is 24.3 Å². The predicted octanol–water partition coefficient (Wildman–Crippen LogP) is 19.2. The monoisotopic (exact) mass is 1610 g/mol. The molecule has 0 spiro atoms. The number of hydrogen-bond donors (Lipinski definition) is 12. The van der Waals surface area contributed by atoms with E-state index in [0.717, 1.165) is 51.4 Å². The van der Waals surface area contributed by atoms with E-state index in [9.17, 15) is 61.0 Å². The lowest BCUT2D eigenvalue weighted by Gasteiger charge is -2.48. The molecule has 3 heterocycles. The van der Waals surface area contributed by atoms with Gasteiger partial charge < -0.3 is 89.9 Å². The minimum absolute atomic E-state index is 0.232. The van der Waals surface area contributed by atoms with Crippen LogP contribution in [0.25, 0.3) is 0 Å². The van der Waals surface area contributed by atoms with E-state index in [0.29, 0.717) is 12.8 Å². The number of rotatable bonds is 80. The topological polar surface area (TPSA) is 307 Å². The summed E-state index contributed by atoms with van der Waals surface area (Å²) in [6, 6.07) is -0.886. The smallest absolute Gasteiger partial charge is 0.220 e. The summed E-state index contributed by atoms with van der Waals surface area (Å²) in [7, 11) is 0. The summed E-state index contributed by atoms with van der Waals surface area (Å²) in [5, 5.41) is 121. The van der Waals surface area contributed by atoms with Crippen molar-refractivity contribution in [2.75, 3.05) is 26.4 Å². The number of aliphatic hydroxyl groups is 11. The SMILES string of the molecule is CCCCCCC/C=C\C/C=C\CCCCCCCCCCCCCCCCCCCCCCCCCCCCCCCC(=O)NC(COC1OC(CO)C(OC2OC(CO)C(OC3OC(CO)C(O)C(O)C3O)C(O)C2O)C(O)C1O)C(O)CCCCCCCCCCCCCCCCCCCCCCCCCCCCC. The Kier molecular flexibility index (Phi) is 69.2. The molecule has 0 radical (unpaired) electrons. The molecule has 3 saturated heterocycles. The Labute approximate surface area is 689 Å². The van der Waals surface area contributed by atoms with Crippen molar-refractivity contribution in [3.63, 3.8) is 0 Å². The van der Waals surface area contributed by atoms with Crippen LogP contribution in [0.3, 0.4) is 0 Å². The van der Waals surface area contributed by atoms with Gasteiger partial charge in [-0.05, 0) is 44.9 Å². The van der Waals surface area contributed by atoms with Crippen LogP contribution in [0.15, 0.2) is 24.3 Å². The maximum atomic E-state index is 13.6. The van der Waals surface area contributed by atoms with Crippen LogP contribution < -0.4 is 5.32 Å². The predicted molar refractivity (Wildman–Crippen MR) is 457 cm³/mol. The second kappa shape index (κ2) is 74.1. The largest absolute Gasteiger partial charge is 0.394 e. The fourth-order valence-corrected chi connectivity index (χ4v) is 16.6. The molecule has 19 nitrogen and oxygen atoms in total. The van der Waals surface area contributed by atoms with E-state index in [1.165, 1.54) is 353 Å². The van der Waals surface area contributed by atoms with Crippen molar-refractivity contribution in [2.45, 2.75) is 542 Å². The molecule has 0 aromatic heterocycles. The highest BCUT2D eigenvalue weighted by molar-refractivity contribution is 5.76. The molecular weight excluding hydrogens is 1430 g/mol. The van der Waals surface area contributed by atoms with Crippen molar-refractivity contribution in [1.29, 1.82) is 0 Å². The maximum absolute atomic E-state index is 13.6. The number of carbonyl (C=O) groups excluding carboxylic acids is 1.